The van der Waals surface area contributed by atoms with Gasteiger partial charge in [0.15, 0.2) is 0 Å². The van der Waals surface area contributed by atoms with Gasteiger partial charge < -0.3 is 14.6 Å². The van der Waals surface area contributed by atoms with Crippen LogP contribution in [-0.4, -0.2) is 34.9 Å². The van der Waals surface area contributed by atoms with Crippen LogP contribution < -0.4 is 10.2 Å². The van der Waals surface area contributed by atoms with Gasteiger partial charge in [0.1, 0.15) is 0 Å². The first-order valence-electron chi connectivity index (χ1n) is 10.2. The van der Waals surface area contributed by atoms with Crippen LogP contribution in [-0.2, 0) is 4.79 Å². The summed E-state index contributed by atoms with van der Waals surface area (Å²) in [6.45, 7) is 6.52. The van der Waals surface area contributed by atoms with E-state index in [9.17, 15) is 4.79 Å². The van der Waals surface area contributed by atoms with Gasteiger partial charge in [-0.25, -0.2) is 0 Å². The number of amides is 1. The van der Waals surface area contributed by atoms with Crippen molar-refractivity contribution < 1.29 is 9.21 Å². The zero-order valence-corrected chi connectivity index (χ0v) is 18.1. The summed E-state index contributed by atoms with van der Waals surface area (Å²) < 4.78 is 5.67. The van der Waals surface area contributed by atoms with E-state index in [1.165, 1.54) is 30.3 Å². The number of anilines is 2. The SMILES string of the molecule is Cc1cccc(-c2nnc(SCC(=O)Nc3ccc(N4CCC(C)CC4)cc3)o2)c1. The van der Waals surface area contributed by atoms with Crippen molar-refractivity contribution in [2.45, 2.75) is 31.9 Å². The number of piperidine rings is 1. The molecule has 1 aliphatic rings. The summed E-state index contributed by atoms with van der Waals surface area (Å²) in [5, 5.41) is 11.4. The van der Waals surface area contributed by atoms with Gasteiger partial charge in [0, 0.05) is 30.0 Å². The second-order valence-electron chi connectivity index (χ2n) is 7.80. The van der Waals surface area contributed by atoms with Crippen LogP contribution in [0.5, 0.6) is 0 Å². The number of benzene rings is 2. The Morgan fingerprint density at radius 3 is 2.67 bits per heavy atom. The zero-order valence-electron chi connectivity index (χ0n) is 17.3. The molecule has 0 radical (unpaired) electrons. The number of nitrogens with one attached hydrogen (secondary N) is 1. The van der Waals surface area contributed by atoms with Gasteiger partial charge in [-0.2, -0.15) is 0 Å². The summed E-state index contributed by atoms with van der Waals surface area (Å²) >= 11 is 1.23. The number of hydrogen-bond acceptors (Lipinski definition) is 6. The fourth-order valence-electron chi connectivity index (χ4n) is 3.51. The molecule has 1 N–H and O–H groups in total. The number of aryl methyl sites for hydroxylation is 1. The first kappa shape index (κ1) is 20.5. The van der Waals surface area contributed by atoms with Gasteiger partial charge in [0.2, 0.25) is 11.8 Å². The van der Waals surface area contributed by atoms with Crippen molar-refractivity contribution in [1.29, 1.82) is 0 Å². The monoisotopic (exact) mass is 422 g/mol. The minimum Gasteiger partial charge on any atom is -0.411 e. The van der Waals surface area contributed by atoms with Gasteiger partial charge in [0.25, 0.3) is 5.22 Å². The molecule has 7 heteroatoms. The highest BCUT2D eigenvalue weighted by atomic mass is 32.2. The maximum atomic E-state index is 12.3. The van der Waals surface area contributed by atoms with Crippen LogP contribution in [0.4, 0.5) is 11.4 Å². The third-order valence-corrected chi connectivity index (χ3v) is 6.12. The Kier molecular flexibility index (Phi) is 6.38. The van der Waals surface area contributed by atoms with Gasteiger partial charge in [-0.05, 0) is 62.1 Å². The van der Waals surface area contributed by atoms with Crippen LogP contribution in [0.15, 0.2) is 58.2 Å². The van der Waals surface area contributed by atoms with E-state index < -0.39 is 0 Å². The normalized spacial score (nSPS) is 14.7. The third-order valence-electron chi connectivity index (χ3n) is 5.30. The highest BCUT2D eigenvalue weighted by Gasteiger charge is 2.16. The molecule has 0 atom stereocenters. The molecule has 1 saturated heterocycles. The number of thioether (sulfide) groups is 1. The smallest absolute Gasteiger partial charge is 0.277 e. The highest BCUT2D eigenvalue weighted by molar-refractivity contribution is 7.99. The Morgan fingerprint density at radius 1 is 1.17 bits per heavy atom. The summed E-state index contributed by atoms with van der Waals surface area (Å²) in [5.74, 6) is 1.38. The summed E-state index contributed by atoms with van der Waals surface area (Å²) in [6, 6.07) is 15.9. The Morgan fingerprint density at radius 2 is 1.93 bits per heavy atom. The molecule has 4 rings (SSSR count). The van der Waals surface area contributed by atoms with E-state index in [1.54, 1.807) is 0 Å². The molecule has 0 unspecified atom stereocenters. The average molecular weight is 423 g/mol. The molecule has 30 heavy (non-hydrogen) atoms. The lowest BCUT2D eigenvalue weighted by atomic mass is 9.99. The van der Waals surface area contributed by atoms with E-state index in [-0.39, 0.29) is 11.7 Å². The Bertz CT molecular complexity index is 994. The quantitative estimate of drug-likeness (QED) is 0.563. The number of carbonyl (C=O) groups excluding carboxylic acids is 1. The maximum absolute atomic E-state index is 12.3. The lowest BCUT2D eigenvalue weighted by Gasteiger charge is -2.32. The molecule has 0 saturated carbocycles. The third kappa shape index (κ3) is 5.21. The highest BCUT2D eigenvalue weighted by Crippen LogP contribution is 2.26. The first-order valence-corrected chi connectivity index (χ1v) is 11.2. The van der Waals surface area contributed by atoms with Crippen molar-refractivity contribution >= 4 is 29.0 Å². The lowest BCUT2D eigenvalue weighted by Crippen LogP contribution is -2.32. The maximum Gasteiger partial charge on any atom is 0.277 e. The van der Waals surface area contributed by atoms with Crippen molar-refractivity contribution in [2.75, 3.05) is 29.1 Å². The van der Waals surface area contributed by atoms with E-state index in [4.69, 9.17) is 4.42 Å². The molecular weight excluding hydrogens is 396 g/mol. The van der Waals surface area contributed by atoms with E-state index in [2.05, 4.69) is 39.5 Å². The van der Waals surface area contributed by atoms with E-state index in [1.807, 2.05) is 43.3 Å². The van der Waals surface area contributed by atoms with Crippen LogP contribution in [0.2, 0.25) is 0 Å². The number of nitrogens with zero attached hydrogens (tertiary/aromatic N) is 3. The Labute approximate surface area is 181 Å². The van der Waals surface area contributed by atoms with Crippen LogP contribution in [0.3, 0.4) is 0 Å². The topological polar surface area (TPSA) is 71.3 Å². The van der Waals surface area contributed by atoms with E-state index in [0.717, 1.165) is 35.8 Å². The van der Waals surface area contributed by atoms with Crippen molar-refractivity contribution in [3.8, 4) is 11.5 Å². The molecule has 2 heterocycles. The second-order valence-corrected chi connectivity index (χ2v) is 8.72. The first-order chi connectivity index (χ1) is 14.6. The van der Waals surface area contributed by atoms with Gasteiger partial charge in [-0.3, -0.25) is 4.79 Å². The molecule has 0 spiro atoms. The fraction of sp³-hybridized carbons (Fsp3) is 0.348. The molecule has 2 aromatic carbocycles. The largest absolute Gasteiger partial charge is 0.411 e. The average Bonchev–Trinajstić information content (AvgIpc) is 3.23. The lowest BCUT2D eigenvalue weighted by molar-refractivity contribution is -0.113. The minimum absolute atomic E-state index is 0.102. The van der Waals surface area contributed by atoms with Crippen molar-refractivity contribution in [2.24, 2.45) is 5.92 Å². The predicted molar refractivity (Wildman–Crippen MR) is 121 cm³/mol. The van der Waals surface area contributed by atoms with Crippen LogP contribution in [0, 0.1) is 12.8 Å². The van der Waals surface area contributed by atoms with Crippen molar-refractivity contribution in [1.82, 2.24) is 10.2 Å². The number of aromatic nitrogens is 2. The zero-order chi connectivity index (χ0) is 20.9. The molecule has 1 fully saturated rings. The molecule has 1 amide bonds. The molecular formula is C23H26N4O2S. The molecule has 1 aliphatic heterocycles. The Hall–Kier alpha value is -2.80. The standard InChI is InChI=1S/C23H26N4O2S/c1-16-10-12-27(13-11-16)20-8-6-19(7-9-20)24-21(28)15-30-23-26-25-22(29-23)18-5-3-4-17(2)14-18/h3-9,14,16H,10-13,15H2,1-2H3,(H,24,28). The summed E-state index contributed by atoms with van der Waals surface area (Å²) in [4.78, 5) is 14.7. The van der Waals surface area contributed by atoms with E-state index in [0.29, 0.717) is 11.1 Å². The molecule has 1 aromatic heterocycles. The molecule has 3 aromatic rings. The number of carbonyl (C=O) groups is 1. The Balaban J connectivity index is 1.28. The minimum atomic E-state index is -0.102. The molecule has 0 aliphatic carbocycles. The number of hydrogen-bond donors (Lipinski definition) is 1. The van der Waals surface area contributed by atoms with Crippen molar-refractivity contribution in [3.63, 3.8) is 0 Å². The summed E-state index contributed by atoms with van der Waals surface area (Å²) in [5.41, 5.74) is 4.01. The molecule has 6 nitrogen and oxygen atoms in total. The van der Waals surface area contributed by atoms with Gasteiger partial charge in [0.05, 0.1) is 5.75 Å². The number of rotatable bonds is 6. The van der Waals surface area contributed by atoms with Crippen LogP contribution in [0.1, 0.15) is 25.3 Å². The molecule has 0 bridgehead atoms. The van der Waals surface area contributed by atoms with Crippen LogP contribution >= 0.6 is 11.8 Å². The van der Waals surface area contributed by atoms with Gasteiger partial charge >= 0.3 is 0 Å². The fourth-order valence-corrected chi connectivity index (χ4v) is 4.07. The van der Waals surface area contributed by atoms with Crippen LogP contribution in [0.25, 0.3) is 11.5 Å². The van der Waals surface area contributed by atoms with E-state index >= 15 is 0 Å². The molecule has 156 valence electrons. The van der Waals surface area contributed by atoms with Gasteiger partial charge in [-0.1, -0.05) is 36.4 Å². The van der Waals surface area contributed by atoms with Gasteiger partial charge in [-0.15, -0.1) is 10.2 Å². The summed E-state index contributed by atoms with van der Waals surface area (Å²) in [6.07, 6.45) is 2.47. The van der Waals surface area contributed by atoms with Crippen molar-refractivity contribution in [3.05, 3.63) is 54.1 Å². The second kappa shape index (κ2) is 9.34. The summed E-state index contributed by atoms with van der Waals surface area (Å²) in [7, 11) is 0. The predicted octanol–water partition coefficient (Wildman–Crippen LogP) is 5.01.